The Bertz CT molecular complexity index is 1130. The van der Waals surface area contributed by atoms with Crippen LogP contribution in [-0.2, 0) is 20.8 Å². The van der Waals surface area contributed by atoms with Gasteiger partial charge >= 0.3 is 0 Å². The van der Waals surface area contributed by atoms with Gasteiger partial charge in [0.25, 0.3) is 5.91 Å². The number of aliphatic hydroxyl groups is 1. The highest BCUT2D eigenvalue weighted by Gasteiger charge is 2.39. The van der Waals surface area contributed by atoms with Gasteiger partial charge in [-0.1, -0.05) is 29.8 Å². The van der Waals surface area contributed by atoms with Crippen molar-refractivity contribution >= 4 is 17.5 Å². The van der Waals surface area contributed by atoms with Gasteiger partial charge in [0.05, 0.1) is 0 Å². The molecule has 1 saturated heterocycles. The van der Waals surface area contributed by atoms with Crippen LogP contribution in [0, 0.1) is 5.92 Å². The van der Waals surface area contributed by atoms with Gasteiger partial charge < -0.3 is 29.0 Å². The van der Waals surface area contributed by atoms with Crippen LogP contribution in [0.25, 0.3) is 0 Å². The smallest absolute Gasteiger partial charge is 0.288 e. The highest BCUT2D eigenvalue weighted by Crippen LogP contribution is 2.40. The summed E-state index contributed by atoms with van der Waals surface area (Å²) in [4.78, 5) is 17.8. The summed E-state index contributed by atoms with van der Waals surface area (Å²) >= 11 is 6.14. The second-order valence-electron chi connectivity index (χ2n) is 9.84. The first kappa shape index (κ1) is 26.8. The maximum absolute atomic E-state index is 13.6. The first-order valence-corrected chi connectivity index (χ1v) is 13.7. The number of fused-ring (bicyclic) bond motifs is 1. The van der Waals surface area contributed by atoms with Crippen molar-refractivity contribution < 1.29 is 28.8 Å². The molecule has 2 aromatic carbocycles. The topological polar surface area (TPSA) is 80.7 Å². The quantitative estimate of drug-likeness (QED) is 0.509. The Kier molecular flexibility index (Phi) is 8.74. The molecular weight excluding hydrogens is 508 g/mol. The summed E-state index contributed by atoms with van der Waals surface area (Å²) in [6.45, 7) is 6.29. The largest absolute Gasteiger partial charge is 0.459 e. The van der Waals surface area contributed by atoms with Crippen LogP contribution in [0.3, 0.4) is 0 Å². The van der Waals surface area contributed by atoms with Crippen LogP contribution in [0.1, 0.15) is 36.8 Å². The SMILES string of the molecule is CCO[C@H]1OC(C(=O)N2CCN(Cc3ccc4c(c3)OCO4)CC2)=C[C@@H](c2ccc(Cl)cc2)[C@H]1CCCO. The van der Waals surface area contributed by atoms with Crippen LogP contribution in [0.15, 0.2) is 54.3 Å². The maximum atomic E-state index is 13.6. The van der Waals surface area contributed by atoms with Gasteiger partial charge in [0.15, 0.2) is 17.3 Å². The maximum Gasteiger partial charge on any atom is 0.288 e. The summed E-state index contributed by atoms with van der Waals surface area (Å²) in [7, 11) is 0. The molecule has 2 aromatic rings. The van der Waals surface area contributed by atoms with E-state index in [4.69, 9.17) is 30.5 Å². The number of nitrogens with zero attached hydrogens (tertiary/aromatic N) is 2. The molecule has 0 unspecified atom stereocenters. The molecule has 0 aromatic heterocycles. The van der Waals surface area contributed by atoms with E-state index >= 15 is 0 Å². The van der Waals surface area contributed by atoms with Crippen molar-refractivity contribution in [2.45, 2.75) is 38.5 Å². The Morgan fingerprint density at radius 1 is 1.08 bits per heavy atom. The second kappa shape index (κ2) is 12.4. The summed E-state index contributed by atoms with van der Waals surface area (Å²) in [6.07, 6.45) is 2.71. The van der Waals surface area contributed by atoms with E-state index in [2.05, 4.69) is 11.0 Å². The van der Waals surface area contributed by atoms with Gasteiger partial charge in [-0.25, -0.2) is 0 Å². The molecule has 0 aliphatic carbocycles. The predicted molar refractivity (Wildman–Crippen MR) is 143 cm³/mol. The number of hydrogen-bond acceptors (Lipinski definition) is 7. The number of allylic oxidation sites excluding steroid dienone is 1. The van der Waals surface area contributed by atoms with Gasteiger partial charge in [-0.3, -0.25) is 9.69 Å². The lowest BCUT2D eigenvalue weighted by atomic mass is 9.80. The lowest BCUT2D eigenvalue weighted by molar-refractivity contribution is -0.171. The number of halogens is 1. The fraction of sp³-hybridized carbons (Fsp3) is 0.483. The summed E-state index contributed by atoms with van der Waals surface area (Å²) in [5.74, 6) is 1.67. The third-order valence-corrected chi connectivity index (χ3v) is 7.63. The van der Waals surface area contributed by atoms with E-state index in [0.717, 1.165) is 42.3 Å². The molecule has 0 radical (unpaired) electrons. The standard InChI is InChI=1S/C29H35ClN2O6/c1-2-35-29-23(4-3-15-33)24(21-6-8-22(30)9-7-21)17-27(38-29)28(34)32-13-11-31(12-14-32)18-20-5-10-25-26(16-20)37-19-36-25/h5-10,16-17,23-24,29,33H,2-4,11-15,18-19H2,1H3/t23-,24+,29+/m1/s1. The summed E-state index contributed by atoms with van der Waals surface area (Å²) in [5, 5.41) is 10.1. The first-order valence-electron chi connectivity index (χ1n) is 13.3. The van der Waals surface area contributed by atoms with Gasteiger partial charge in [0.2, 0.25) is 13.1 Å². The zero-order valence-electron chi connectivity index (χ0n) is 21.7. The van der Waals surface area contributed by atoms with Crippen LogP contribution in [0.5, 0.6) is 11.5 Å². The minimum atomic E-state index is -0.566. The monoisotopic (exact) mass is 542 g/mol. The van der Waals surface area contributed by atoms with Crippen LogP contribution in [-0.4, -0.2) is 73.3 Å². The molecule has 3 atom stereocenters. The van der Waals surface area contributed by atoms with Crippen LogP contribution >= 0.6 is 11.6 Å². The molecule has 1 amide bonds. The molecule has 3 heterocycles. The number of carbonyl (C=O) groups excluding carboxylic acids is 1. The number of ether oxygens (including phenoxy) is 4. The van der Waals surface area contributed by atoms with Crippen LogP contribution in [0.4, 0.5) is 0 Å². The average Bonchev–Trinajstić information content (AvgIpc) is 3.41. The molecule has 204 valence electrons. The van der Waals surface area contributed by atoms with Crippen molar-refractivity contribution in [3.63, 3.8) is 0 Å². The highest BCUT2D eigenvalue weighted by atomic mass is 35.5. The second-order valence-corrected chi connectivity index (χ2v) is 10.3. The fourth-order valence-corrected chi connectivity index (χ4v) is 5.51. The highest BCUT2D eigenvalue weighted by molar-refractivity contribution is 6.30. The van der Waals surface area contributed by atoms with E-state index in [1.807, 2.05) is 54.3 Å². The van der Waals surface area contributed by atoms with E-state index in [-0.39, 0.29) is 31.1 Å². The number of piperazine rings is 1. The van der Waals surface area contributed by atoms with Crippen molar-refractivity contribution in [1.29, 1.82) is 0 Å². The summed E-state index contributed by atoms with van der Waals surface area (Å²) in [6, 6.07) is 13.7. The Balaban J connectivity index is 1.28. The summed E-state index contributed by atoms with van der Waals surface area (Å²) in [5.41, 5.74) is 2.20. The van der Waals surface area contributed by atoms with Gasteiger partial charge in [0.1, 0.15) is 0 Å². The number of carbonyl (C=O) groups is 1. The number of benzene rings is 2. The lowest BCUT2D eigenvalue weighted by Gasteiger charge is -2.39. The van der Waals surface area contributed by atoms with Gasteiger partial charge in [-0.05, 0) is 61.2 Å². The minimum absolute atomic E-state index is 0.0293. The molecule has 8 nitrogen and oxygen atoms in total. The van der Waals surface area contributed by atoms with E-state index in [0.29, 0.717) is 43.3 Å². The molecule has 38 heavy (non-hydrogen) atoms. The van der Waals surface area contributed by atoms with Gasteiger partial charge in [0, 0.05) is 62.8 Å². The number of amides is 1. The predicted octanol–water partition coefficient (Wildman–Crippen LogP) is 4.16. The molecular formula is C29H35ClN2O6. The molecule has 1 fully saturated rings. The van der Waals surface area contributed by atoms with E-state index < -0.39 is 6.29 Å². The number of hydrogen-bond donors (Lipinski definition) is 1. The average molecular weight is 543 g/mol. The zero-order valence-corrected chi connectivity index (χ0v) is 22.4. The van der Waals surface area contributed by atoms with Crippen molar-refractivity contribution in [2.24, 2.45) is 5.92 Å². The van der Waals surface area contributed by atoms with Gasteiger partial charge in [-0.2, -0.15) is 0 Å². The molecule has 5 rings (SSSR count). The Labute approximate surface area is 228 Å². The fourth-order valence-electron chi connectivity index (χ4n) is 5.38. The molecule has 0 bridgehead atoms. The third kappa shape index (κ3) is 6.10. The number of rotatable bonds is 9. The third-order valence-electron chi connectivity index (χ3n) is 7.38. The lowest BCUT2D eigenvalue weighted by Crippen LogP contribution is -2.49. The van der Waals surface area contributed by atoms with Crippen molar-refractivity contribution in [1.82, 2.24) is 9.80 Å². The van der Waals surface area contributed by atoms with E-state index in [9.17, 15) is 9.90 Å². The van der Waals surface area contributed by atoms with Crippen molar-refractivity contribution in [2.75, 3.05) is 46.2 Å². The Hall–Kier alpha value is -2.78. The molecule has 0 saturated carbocycles. The van der Waals surface area contributed by atoms with Crippen LogP contribution < -0.4 is 9.47 Å². The molecule has 0 spiro atoms. The van der Waals surface area contributed by atoms with Crippen molar-refractivity contribution in [3.8, 4) is 11.5 Å². The molecule has 3 aliphatic heterocycles. The first-order chi connectivity index (χ1) is 18.6. The minimum Gasteiger partial charge on any atom is -0.459 e. The molecule has 3 aliphatic rings. The van der Waals surface area contributed by atoms with E-state index in [1.165, 1.54) is 0 Å². The van der Waals surface area contributed by atoms with Crippen molar-refractivity contribution in [3.05, 3.63) is 70.4 Å². The zero-order chi connectivity index (χ0) is 26.5. The molecule has 1 N–H and O–H groups in total. The molecule has 9 heteroatoms. The van der Waals surface area contributed by atoms with Gasteiger partial charge in [-0.15, -0.1) is 0 Å². The Morgan fingerprint density at radius 2 is 1.84 bits per heavy atom. The van der Waals surface area contributed by atoms with Crippen LogP contribution in [0.2, 0.25) is 5.02 Å². The number of aliphatic hydroxyl groups excluding tert-OH is 1. The summed E-state index contributed by atoms with van der Waals surface area (Å²) < 4.78 is 23.1. The Morgan fingerprint density at radius 3 is 2.58 bits per heavy atom. The normalized spacial score (nSPS) is 23.2. The van der Waals surface area contributed by atoms with E-state index in [1.54, 1.807) is 0 Å².